The number of likely N-dealkylation sites (tertiary alicyclic amines) is 1. The Kier molecular flexibility index (Phi) is 7.43. The van der Waals surface area contributed by atoms with Gasteiger partial charge in [-0.3, -0.25) is 4.79 Å². The van der Waals surface area contributed by atoms with E-state index >= 15 is 0 Å². The molecule has 2 heterocycles. The molecule has 0 spiro atoms. The minimum atomic E-state index is -2.82. The van der Waals surface area contributed by atoms with Crippen molar-refractivity contribution >= 4 is 29.4 Å². The SMILES string of the molecule is CN1CCC(N(C)c2cc(Cl)ccc2N(C=O)Cc2ccc(-c3nnc(C(F)F)o3)cc2)CC1. The minimum Gasteiger partial charge on any atom is -0.415 e. The number of hydrogen-bond acceptors (Lipinski definition) is 6. The van der Waals surface area contributed by atoms with Crippen LogP contribution in [0.1, 0.15) is 30.7 Å². The van der Waals surface area contributed by atoms with Crippen LogP contribution < -0.4 is 9.80 Å². The van der Waals surface area contributed by atoms with Crippen molar-refractivity contribution in [2.45, 2.75) is 31.9 Å². The second kappa shape index (κ2) is 10.5. The van der Waals surface area contributed by atoms with Crippen molar-refractivity contribution in [2.24, 2.45) is 0 Å². The van der Waals surface area contributed by atoms with E-state index in [0.717, 1.165) is 49.3 Å². The number of anilines is 2. The molecule has 1 aromatic heterocycles. The lowest BCUT2D eigenvalue weighted by molar-refractivity contribution is -0.107. The molecule has 0 atom stereocenters. The lowest BCUT2D eigenvalue weighted by Crippen LogP contribution is -2.42. The summed E-state index contributed by atoms with van der Waals surface area (Å²) in [5.41, 5.74) is 3.04. The van der Waals surface area contributed by atoms with Crippen LogP contribution in [0.3, 0.4) is 0 Å². The predicted octanol–water partition coefficient (Wildman–Crippen LogP) is 5.02. The van der Waals surface area contributed by atoms with Gasteiger partial charge in [0.25, 0.3) is 5.89 Å². The maximum Gasteiger partial charge on any atom is 0.314 e. The highest BCUT2D eigenvalue weighted by Gasteiger charge is 2.24. The molecule has 0 aliphatic carbocycles. The number of aromatic nitrogens is 2. The van der Waals surface area contributed by atoms with E-state index in [2.05, 4.69) is 27.0 Å². The van der Waals surface area contributed by atoms with Gasteiger partial charge in [0.1, 0.15) is 0 Å². The van der Waals surface area contributed by atoms with E-state index in [4.69, 9.17) is 16.0 Å². The average Bonchev–Trinajstić information content (AvgIpc) is 3.34. The Morgan fingerprint density at radius 2 is 1.85 bits per heavy atom. The van der Waals surface area contributed by atoms with Crippen molar-refractivity contribution in [3.05, 3.63) is 58.9 Å². The number of nitrogens with zero attached hydrogens (tertiary/aromatic N) is 5. The third-order valence-corrected chi connectivity index (χ3v) is 6.41. The number of rotatable bonds is 8. The molecular formula is C24H26ClF2N5O2. The second-order valence-electron chi connectivity index (χ2n) is 8.45. The topological polar surface area (TPSA) is 65.7 Å². The number of carbonyl (C=O) groups is 1. The summed E-state index contributed by atoms with van der Waals surface area (Å²) in [6.07, 6.45) is 0.0493. The third-order valence-electron chi connectivity index (χ3n) is 6.17. The standard InChI is InChI=1S/C24H26ClF2N5O2/c1-30-11-9-19(10-12-30)31(2)21-13-18(25)7-8-20(21)32(15-33)14-16-3-5-17(6-4-16)23-28-29-24(34-23)22(26)27/h3-8,13,15,19,22H,9-12,14H2,1-2H3. The highest BCUT2D eigenvalue weighted by Crippen LogP contribution is 2.35. The van der Waals surface area contributed by atoms with Crippen molar-refractivity contribution in [1.82, 2.24) is 15.1 Å². The predicted molar refractivity (Wildman–Crippen MR) is 127 cm³/mol. The Labute approximate surface area is 201 Å². The van der Waals surface area contributed by atoms with Gasteiger partial charge in [-0.2, -0.15) is 8.78 Å². The Morgan fingerprint density at radius 3 is 2.47 bits per heavy atom. The van der Waals surface area contributed by atoms with Gasteiger partial charge in [-0.05, 0) is 68.9 Å². The Morgan fingerprint density at radius 1 is 1.15 bits per heavy atom. The zero-order valence-corrected chi connectivity index (χ0v) is 19.8. The molecule has 0 unspecified atom stereocenters. The van der Waals surface area contributed by atoms with Gasteiger partial charge in [-0.15, -0.1) is 10.2 Å². The zero-order valence-electron chi connectivity index (χ0n) is 19.0. The van der Waals surface area contributed by atoms with Crippen molar-refractivity contribution in [1.29, 1.82) is 0 Å². The molecule has 10 heteroatoms. The summed E-state index contributed by atoms with van der Waals surface area (Å²) in [5.74, 6) is -0.691. The monoisotopic (exact) mass is 489 g/mol. The molecule has 1 aliphatic rings. The molecular weight excluding hydrogens is 464 g/mol. The average molecular weight is 490 g/mol. The fourth-order valence-electron chi connectivity index (χ4n) is 4.17. The van der Waals surface area contributed by atoms with E-state index in [1.807, 2.05) is 19.2 Å². The summed E-state index contributed by atoms with van der Waals surface area (Å²) in [6.45, 7) is 2.37. The van der Waals surface area contributed by atoms with Gasteiger partial charge >= 0.3 is 6.43 Å². The van der Waals surface area contributed by atoms with E-state index in [-0.39, 0.29) is 5.89 Å². The first-order valence-electron chi connectivity index (χ1n) is 11.0. The van der Waals surface area contributed by atoms with Crippen molar-refractivity contribution < 1.29 is 18.0 Å². The van der Waals surface area contributed by atoms with Crippen LogP contribution in [-0.4, -0.2) is 54.7 Å². The van der Waals surface area contributed by atoms with Gasteiger partial charge in [0.15, 0.2) is 0 Å². The maximum atomic E-state index is 12.7. The number of alkyl halides is 2. The molecule has 0 bridgehead atoms. The van der Waals surface area contributed by atoms with E-state index in [0.29, 0.717) is 23.2 Å². The quantitative estimate of drug-likeness (QED) is 0.414. The Bertz CT molecular complexity index is 1120. The van der Waals surface area contributed by atoms with Gasteiger partial charge in [-0.1, -0.05) is 23.7 Å². The first kappa shape index (κ1) is 24.1. The zero-order chi connectivity index (χ0) is 24.2. The van der Waals surface area contributed by atoms with Crippen LogP contribution in [0.2, 0.25) is 5.02 Å². The van der Waals surface area contributed by atoms with Gasteiger partial charge in [-0.25, -0.2) is 0 Å². The lowest BCUT2D eigenvalue weighted by Gasteiger charge is -2.38. The van der Waals surface area contributed by atoms with E-state index in [1.165, 1.54) is 0 Å². The summed E-state index contributed by atoms with van der Waals surface area (Å²) in [6, 6.07) is 12.9. The molecule has 7 nitrogen and oxygen atoms in total. The van der Waals surface area contributed by atoms with E-state index in [9.17, 15) is 13.6 Å². The summed E-state index contributed by atoms with van der Waals surface area (Å²) in [7, 11) is 4.16. The maximum absolute atomic E-state index is 12.7. The summed E-state index contributed by atoms with van der Waals surface area (Å²) < 4.78 is 30.4. The van der Waals surface area contributed by atoms with Gasteiger partial charge < -0.3 is 19.1 Å². The number of amides is 1. The normalized spacial score (nSPS) is 15.0. The van der Waals surface area contributed by atoms with Crippen LogP contribution in [0.4, 0.5) is 20.2 Å². The summed E-state index contributed by atoms with van der Waals surface area (Å²) in [5, 5.41) is 7.63. The summed E-state index contributed by atoms with van der Waals surface area (Å²) >= 11 is 6.32. The lowest BCUT2D eigenvalue weighted by atomic mass is 10.0. The van der Waals surface area contributed by atoms with Gasteiger partial charge in [0.05, 0.1) is 17.9 Å². The molecule has 180 valence electrons. The van der Waals surface area contributed by atoms with E-state index < -0.39 is 12.3 Å². The van der Waals surface area contributed by atoms with Crippen molar-refractivity contribution in [3.63, 3.8) is 0 Å². The van der Waals surface area contributed by atoms with Gasteiger partial charge in [0.2, 0.25) is 12.3 Å². The highest BCUT2D eigenvalue weighted by atomic mass is 35.5. The largest absolute Gasteiger partial charge is 0.415 e. The molecule has 1 saturated heterocycles. The number of hydrogen-bond donors (Lipinski definition) is 0. The van der Waals surface area contributed by atoms with Crippen LogP contribution in [0.15, 0.2) is 46.9 Å². The molecule has 3 aromatic rings. The van der Waals surface area contributed by atoms with Crippen LogP contribution >= 0.6 is 11.6 Å². The fraction of sp³-hybridized carbons (Fsp3) is 0.375. The second-order valence-corrected chi connectivity index (χ2v) is 8.89. The molecule has 34 heavy (non-hydrogen) atoms. The molecule has 4 rings (SSSR count). The van der Waals surface area contributed by atoms with Crippen LogP contribution in [0.5, 0.6) is 0 Å². The fourth-order valence-corrected chi connectivity index (χ4v) is 4.34. The third kappa shape index (κ3) is 5.37. The smallest absolute Gasteiger partial charge is 0.314 e. The number of halogens is 3. The number of benzene rings is 2. The molecule has 1 fully saturated rings. The first-order chi connectivity index (χ1) is 16.4. The molecule has 1 amide bonds. The summed E-state index contributed by atoms with van der Waals surface area (Å²) in [4.78, 5) is 18.3. The molecule has 2 aromatic carbocycles. The Balaban J connectivity index is 1.54. The number of carbonyl (C=O) groups excluding carboxylic acids is 1. The highest BCUT2D eigenvalue weighted by molar-refractivity contribution is 6.31. The van der Waals surface area contributed by atoms with Gasteiger partial charge in [0, 0.05) is 23.7 Å². The molecule has 0 N–H and O–H groups in total. The number of piperidine rings is 1. The minimum absolute atomic E-state index is 0.0221. The van der Waals surface area contributed by atoms with Crippen LogP contribution in [-0.2, 0) is 11.3 Å². The molecule has 0 radical (unpaired) electrons. The molecule has 1 aliphatic heterocycles. The van der Waals surface area contributed by atoms with Crippen LogP contribution in [0.25, 0.3) is 11.5 Å². The van der Waals surface area contributed by atoms with Crippen LogP contribution in [0, 0.1) is 0 Å². The Hall–Kier alpha value is -3.04. The van der Waals surface area contributed by atoms with Crippen molar-refractivity contribution in [3.8, 4) is 11.5 Å². The van der Waals surface area contributed by atoms with E-state index in [1.54, 1.807) is 35.2 Å². The first-order valence-corrected chi connectivity index (χ1v) is 11.4. The molecule has 0 saturated carbocycles. The van der Waals surface area contributed by atoms with Crippen molar-refractivity contribution in [2.75, 3.05) is 37.0 Å².